The van der Waals surface area contributed by atoms with Crippen LogP contribution in [0.3, 0.4) is 0 Å². The zero-order valence-corrected chi connectivity index (χ0v) is 11.8. The van der Waals surface area contributed by atoms with Crippen LogP contribution in [0.15, 0.2) is 12.1 Å². The Balaban J connectivity index is 2.89. The molecule has 1 aromatic carbocycles. The van der Waals surface area contributed by atoms with Gasteiger partial charge in [0.15, 0.2) is 0 Å². The van der Waals surface area contributed by atoms with E-state index in [9.17, 15) is 4.79 Å². The topological polar surface area (TPSA) is 55.6 Å². The summed E-state index contributed by atoms with van der Waals surface area (Å²) in [6.07, 6.45) is 0. The maximum absolute atomic E-state index is 11.1. The van der Waals surface area contributed by atoms with Crippen molar-refractivity contribution in [2.24, 2.45) is 5.73 Å². The van der Waals surface area contributed by atoms with Gasteiger partial charge < -0.3 is 10.5 Å². The monoisotopic (exact) mass is 250 g/mol. The van der Waals surface area contributed by atoms with Crippen LogP contribution in [0.1, 0.15) is 23.6 Å². The molecule has 0 fully saturated rings. The van der Waals surface area contributed by atoms with Crippen molar-refractivity contribution in [1.82, 2.24) is 4.90 Å². The van der Waals surface area contributed by atoms with Crippen molar-refractivity contribution in [3.05, 3.63) is 28.8 Å². The largest absolute Gasteiger partial charge is 0.496 e. The fourth-order valence-electron chi connectivity index (χ4n) is 2.10. The van der Waals surface area contributed by atoms with E-state index in [0.717, 1.165) is 22.4 Å². The Kier molecular flexibility index (Phi) is 4.73. The molecule has 0 heterocycles. The van der Waals surface area contributed by atoms with Crippen molar-refractivity contribution >= 4 is 5.91 Å². The minimum atomic E-state index is -0.306. The number of nitrogens with zero attached hydrogens (tertiary/aromatic N) is 1. The van der Waals surface area contributed by atoms with Gasteiger partial charge in [0, 0.05) is 6.54 Å². The summed E-state index contributed by atoms with van der Waals surface area (Å²) in [5, 5.41) is 0. The van der Waals surface area contributed by atoms with Crippen molar-refractivity contribution in [2.45, 2.75) is 33.4 Å². The summed E-state index contributed by atoms with van der Waals surface area (Å²) in [7, 11) is 3.57. The molecule has 1 aromatic rings. The minimum absolute atomic E-state index is 0.271. The number of nitrogens with two attached hydrogens (primary N) is 1. The molecule has 4 nitrogen and oxygen atoms in total. The molecule has 0 spiro atoms. The van der Waals surface area contributed by atoms with Crippen LogP contribution in [-0.2, 0) is 11.3 Å². The average Bonchev–Trinajstić information content (AvgIpc) is 2.27. The molecule has 2 N–H and O–H groups in total. The molecule has 4 heteroatoms. The molecule has 100 valence electrons. The second kappa shape index (κ2) is 5.87. The van der Waals surface area contributed by atoms with Gasteiger partial charge in [0.2, 0.25) is 5.91 Å². The lowest BCUT2D eigenvalue weighted by Gasteiger charge is -2.22. The summed E-state index contributed by atoms with van der Waals surface area (Å²) in [5.74, 6) is 0.615. The Labute approximate surface area is 109 Å². The Morgan fingerprint density at radius 2 is 1.89 bits per heavy atom. The van der Waals surface area contributed by atoms with E-state index in [-0.39, 0.29) is 11.9 Å². The van der Waals surface area contributed by atoms with E-state index < -0.39 is 0 Å². The van der Waals surface area contributed by atoms with E-state index in [1.807, 2.05) is 32.7 Å². The van der Waals surface area contributed by atoms with E-state index in [2.05, 4.69) is 12.1 Å². The first kappa shape index (κ1) is 14.5. The van der Waals surface area contributed by atoms with Crippen molar-refractivity contribution in [1.29, 1.82) is 0 Å². The number of hydrogen-bond acceptors (Lipinski definition) is 3. The van der Waals surface area contributed by atoms with Crippen LogP contribution in [-0.4, -0.2) is 31.0 Å². The highest BCUT2D eigenvalue weighted by Crippen LogP contribution is 2.24. The van der Waals surface area contributed by atoms with Gasteiger partial charge in [-0.25, -0.2) is 0 Å². The van der Waals surface area contributed by atoms with Gasteiger partial charge >= 0.3 is 0 Å². The summed E-state index contributed by atoms with van der Waals surface area (Å²) in [6, 6.07) is 3.89. The number of benzene rings is 1. The molecule has 0 unspecified atom stereocenters. The smallest absolute Gasteiger partial charge is 0.234 e. The van der Waals surface area contributed by atoms with Gasteiger partial charge in [-0.2, -0.15) is 0 Å². The summed E-state index contributed by atoms with van der Waals surface area (Å²) in [5.41, 5.74) is 8.66. The average molecular weight is 250 g/mol. The van der Waals surface area contributed by atoms with Gasteiger partial charge in [-0.05, 0) is 44.5 Å². The first-order chi connectivity index (χ1) is 8.36. The molecule has 0 saturated heterocycles. The predicted molar refractivity (Wildman–Crippen MR) is 72.6 cm³/mol. The summed E-state index contributed by atoms with van der Waals surface area (Å²) >= 11 is 0. The predicted octanol–water partition coefficient (Wildman–Crippen LogP) is 1.62. The fraction of sp³-hybridized carbons (Fsp3) is 0.500. The Bertz CT molecular complexity index is 420. The second-order valence-corrected chi connectivity index (χ2v) is 4.76. The quantitative estimate of drug-likeness (QED) is 0.864. The third kappa shape index (κ3) is 3.23. The number of carbonyl (C=O) groups excluding carboxylic acids is 1. The molecule has 0 aromatic heterocycles. The lowest BCUT2D eigenvalue weighted by Crippen LogP contribution is -2.39. The maximum atomic E-state index is 11.1. The van der Waals surface area contributed by atoms with E-state index in [4.69, 9.17) is 10.5 Å². The van der Waals surface area contributed by atoms with Gasteiger partial charge in [0.25, 0.3) is 0 Å². The molecule has 0 aliphatic heterocycles. The third-order valence-electron chi connectivity index (χ3n) is 3.23. The van der Waals surface area contributed by atoms with Gasteiger partial charge in [-0.3, -0.25) is 9.69 Å². The molecule has 0 aliphatic rings. The zero-order chi connectivity index (χ0) is 13.9. The molecule has 0 bridgehead atoms. The molecule has 1 amide bonds. The maximum Gasteiger partial charge on any atom is 0.234 e. The van der Waals surface area contributed by atoms with Crippen molar-refractivity contribution < 1.29 is 9.53 Å². The highest BCUT2D eigenvalue weighted by Gasteiger charge is 2.15. The number of ether oxygens (including phenoxy) is 1. The molecular weight excluding hydrogens is 228 g/mol. The SMILES string of the molecule is COc1c(C)cc(CN(C)[C@H](C)C(N)=O)cc1C. The summed E-state index contributed by atoms with van der Waals surface area (Å²) in [4.78, 5) is 13.1. The number of carbonyl (C=O) groups is 1. The minimum Gasteiger partial charge on any atom is -0.496 e. The molecule has 0 radical (unpaired) electrons. The van der Waals surface area contributed by atoms with Crippen molar-refractivity contribution in [3.8, 4) is 5.75 Å². The van der Waals surface area contributed by atoms with Crippen LogP contribution in [0, 0.1) is 13.8 Å². The van der Waals surface area contributed by atoms with E-state index in [0.29, 0.717) is 6.54 Å². The van der Waals surface area contributed by atoms with Crippen molar-refractivity contribution in [2.75, 3.05) is 14.2 Å². The third-order valence-corrected chi connectivity index (χ3v) is 3.23. The van der Waals surface area contributed by atoms with Crippen LogP contribution in [0.5, 0.6) is 5.75 Å². The molecule has 18 heavy (non-hydrogen) atoms. The second-order valence-electron chi connectivity index (χ2n) is 4.76. The highest BCUT2D eigenvalue weighted by molar-refractivity contribution is 5.79. The van der Waals surface area contributed by atoms with Crippen LogP contribution < -0.4 is 10.5 Å². The number of hydrogen-bond donors (Lipinski definition) is 1. The molecular formula is C14H22N2O2. The van der Waals surface area contributed by atoms with Crippen LogP contribution in [0.2, 0.25) is 0 Å². The van der Waals surface area contributed by atoms with Crippen LogP contribution in [0.25, 0.3) is 0 Å². The number of rotatable bonds is 5. The molecule has 0 aliphatic carbocycles. The molecule has 1 atom stereocenters. The standard InChI is InChI=1S/C14H22N2O2/c1-9-6-12(7-10(2)13(9)18-5)8-16(4)11(3)14(15)17/h6-7,11H,8H2,1-5H3,(H2,15,17)/t11-/m1/s1. The number of amides is 1. The number of likely N-dealkylation sites (N-methyl/N-ethyl adjacent to an activating group) is 1. The molecule has 1 rings (SSSR count). The van der Waals surface area contributed by atoms with Gasteiger partial charge in [0.1, 0.15) is 5.75 Å². The van der Waals surface area contributed by atoms with Crippen molar-refractivity contribution in [3.63, 3.8) is 0 Å². The van der Waals surface area contributed by atoms with Crippen LogP contribution >= 0.6 is 0 Å². The van der Waals surface area contributed by atoms with Gasteiger partial charge in [-0.15, -0.1) is 0 Å². The Morgan fingerprint density at radius 1 is 1.39 bits per heavy atom. The molecule has 0 saturated carbocycles. The Morgan fingerprint density at radius 3 is 2.28 bits per heavy atom. The lowest BCUT2D eigenvalue weighted by molar-refractivity contribution is -0.122. The van der Waals surface area contributed by atoms with E-state index in [1.165, 1.54) is 0 Å². The first-order valence-corrected chi connectivity index (χ1v) is 6.00. The van der Waals surface area contributed by atoms with Crippen LogP contribution in [0.4, 0.5) is 0 Å². The summed E-state index contributed by atoms with van der Waals surface area (Å²) < 4.78 is 5.33. The zero-order valence-electron chi connectivity index (χ0n) is 11.8. The van der Waals surface area contributed by atoms with Gasteiger partial charge in [0.05, 0.1) is 13.2 Å². The number of primary amides is 1. The Hall–Kier alpha value is -1.55. The van der Waals surface area contributed by atoms with Gasteiger partial charge in [-0.1, -0.05) is 12.1 Å². The highest BCUT2D eigenvalue weighted by atomic mass is 16.5. The normalized spacial score (nSPS) is 12.6. The fourth-order valence-corrected chi connectivity index (χ4v) is 2.10. The number of aryl methyl sites for hydroxylation is 2. The number of methoxy groups -OCH3 is 1. The van der Waals surface area contributed by atoms with E-state index in [1.54, 1.807) is 7.11 Å². The first-order valence-electron chi connectivity index (χ1n) is 6.00. The van der Waals surface area contributed by atoms with E-state index >= 15 is 0 Å². The summed E-state index contributed by atoms with van der Waals surface area (Å²) in [6.45, 7) is 6.54. The lowest BCUT2D eigenvalue weighted by atomic mass is 10.0.